The molecule has 1 aliphatic heterocycles. The fourth-order valence-corrected chi connectivity index (χ4v) is 3.39. The first kappa shape index (κ1) is 20.3. The van der Waals surface area contributed by atoms with Crippen LogP contribution in [-0.4, -0.2) is 54.4 Å². The molecular formula is C21H24N4O4. The largest absolute Gasteiger partial charge is 0.362 e. The molecule has 1 aliphatic rings. The predicted molar refractivity (Wildman–Crippen MR) is 110 cm³/mol. The molecule has 0 aromatic heterocycles. The summed E-state index contributed by atoms with van der Waals surface area (Å²) in [7, 11) is 0. The highest BCUT2D eigenvalue weighted by Gasteiger charge is 2.25. The van der Waals surface area contributed by atoms with Crippen molar-refractivity contribution in [3.05, 3.63) is 70.3 Å². The molecule has 1 saturated heterocycles. The number of para-hydroxylation sites is 2. The maximum absolute atomic E-state index is 12.4. The zero-order valence-corrected chi connectivity index (χ0v) is 16.1. The van der Waals surface area contributed by atoms with E-state index < -0.39 is 0 Å². The van der Waals surface area contributed by atoms with Crippen molar-refractivity contribution in [3.8, 4) is 0 Å². The molecule has 0 bridgehead atoms. The number of amides is 2. The Morgan fingerprint density at radius 3 is 2.31 bits per heavy atom. The Labute approximate surface area is 169 Å². The van der Waals surface area contributed by atoms with Crippen molar-refractivity contribution in [1.82, 2.24) is 10.2 Å². The van der Waals surface area contributed by atoms with E-state index in [4.69, 9.17) is 0 Å². The van der Waals surface area contributed by atoms with Crippen LogP contribution in [0.3, 0.4) is 0 Å². The minimum Gasteiger partial charge on any atom is -0.362 e. The van der Waals surface area contributed by atoms with Crippen LogP contribution >= 0.6 is 0 Å². The maximum Gasteiger partial charge on any atom is 0.292 e. The number of nitrogens with one attached hydrogen (secondary N) is 1. The molecule has 2 amide bonds. The Kier molecular flexibility index (Phi) is 6.78. The summed E-state index contributed by atoms with van der Waals surface area (Å²) in [6, 6.07) is 16.1. The number of hydrogen-bond donors (Lipinski definition) is 1. The van der Waals surface area contributed by atoms with Crippen LogP contribution in [0.25, 0.3) is 0 Å². The molecule has 1 fully saturated rings. The fraction of sp³-hybridized carbons (Fsp3) is 0.333. The van der Waals surface area contributed by atoms with E-state index in [0.717, 1.165) is 5.56 Å². The van der Waals surface area contributed by atoms with Crippen molar-refractivity contribution >= 4 is 23.2 Å². The lowest BCUT2D eigenvalue weighted by Gasteiger charge is -2.35. The summed E-state index contributed by atoms with van der Waals surface area (Å²) >= 11 is 0. The molecule has 1 heterocycles. The van der Waals surface area contributed by atoms with E-state index in [1.807, 2.05) is 35.2 Å². The minimum atomic E-state index is -0.384. The lowest BCUT2D eigenvalue weighted by Crippen LogP contribution is -2.49. The van der Waals surface area contributed by atoms with Gasteiger partial charge in [-0.25, -0.2) is 0 Å². The van der Waals surface area contributed by atoms with Crippen LogP contribution in [0.2, 0.25) is 0 Å². The molecule has 0 saturated carbocycles. The predicted octanol–water partition coefficient (Wildman–Crippen LogP) is 1.99. The van der Waals surface area contributed by atoms with Crippen molar-refractivity contribution in [2.24, 2.45) is 0 Å². The lowest BCUT2D eigenvalue weighted by atomic mass is 10.1. The third-order valence-electron chi connectivity index (χ3n) is 4.92. The number of nitro groups is 1. The summed E-state index contributed by atoms with van der Waals surface area (Å²) in [5.74, 6) is -0.127. The second-order valence-corrected chi connectivity index (χ2v) is 6.88. The second-order valence-electron chi connectivity index (χ2n) is 6.88. The van der Waals surface area contributed by atoms with Crippen molar-refractivity contribution in [3.63, 3.8) is 0 Å². The summed E-state index contributed by atoms with van der Waals surface area (Å²) < 4.78 is 0. The highest BCUT2D eigenvalue weighted by Crippen LogP contribution is 2.28. The summed E-state index contributed by atoms with van der Waals surface area (Å²) in [4.78, 5) is 38.9. The first-order valence-electron chi connectivity index (χ1n) is 9.61. The quantitative estimate of drug-likeness (QED) is 0.570. The van der Waals surface area contributed by atoms with Gasteiger partial charge in [-0.1, -0.05) is 42.5 Å². The fourth-order valence-electron chi connectivity index (χ4n) is 3.39. The molecular weight excluding hydrogens is 372 g/mol. The number of carbonyl (C=O) groups excluding carboxylic acids is 2. The Hall–Kier alpha value is -3.42. The average Bonchev–Trinajstić information content (AvgIpc) is 2.74. The number of piperazine rings is 1. The Morgan fingerprint density at radius 2 is 1.62 bits per heavy atom. The van der Waals surface area contributed by atoms with Crippen LogP contribution < -0.4 is 10.2 Å². The molecule has 0 radical (unpaired) electrons. The number of nitrogens with zero attached hydrogens (tertiary/aromatic N) is 3. The zero-order chi connectivity index (χ0) is 20.6. The van der Waals surface area contributed by atoms with Gasteiger partial charge in [-0.05, 0) is 11.6 Å². The number of anilines is 1. The number of nitro benzene ring substituents is 1. The van der Waals surface area contributed by atoms with Gasteiger partial charge in [0.05, 0.1) is 11.3 Å². The number of carbonyl (C=O) groups is 2. The highest BCUT2D eigenvalue weighted by atomic mass is 16.6. The van der Waals surface area contributed by atoms with Crippen LogP contribution in [0.5, 0.6) is 0 Å². The first-order valence-corrected chi connectivity index (χ1v) is 9.61. The third-order valence-corrected chi connectivity index (χ3v) is 4.92. The third kappa shape index (κ3) is 5.54. The molecule has 152 valence electrons. The van der Waals surface area contributed by atoms with Crippen molar-refractivity contribution in [1.29, 1.82) is 0 Å². The van der Waals surface area contributed by atoms with E-state index in [-0.39, 0.29) is 28.8 Å². The van der Waals surface area contributed by atoms with Crippen molar-refractivity contribution < 1.29 is 14.5 Å². The highest BCUT2D eigenvalue weighted by molar-refractivity contribution is 5.80. The van der Waals surface area contributed by atoms with Crippen LogP contribution in [0.15, 0.2) is 54.6 Å². The summed E-state index contributed by atoms with van der Waals surface area (Å²) in [6.45, 7) is 2.38. The monoisotopic (exact) mass is 396 g/mol. The molecule has 2 aromatic carbocycles. The normalized spacial score (nSPS) is 13.8. The van der Waals surface area contributed by atoms with Gasteiger partial charge in [0, 0.05) is 45.2 Å². The Balaban J connectivity index is 1.42. The van der Waals surface area contributed by atoms with Gasteiger partial charge in [0.2, 0.25) is 11.8 Å². The molecule has 8 nitrogen and oxygen atoms in total. The van der Waals surface area contributed by atoms with Crippen LogP contribution in [0, 0.1) is 10.1 Å². The lowest BCUT2D eigenvalue weighted by molar-refractivity contribution is -0.384. The SMILES string of the molecule is O=C(Cc1ccccc1)NCCC(=O)N1CCN(c2ccccc2[N+](=O)[O-])CC1. The van der Waals surface area contributed by atoms with Crippen molar-refractivity contribution in [2.45, 2.75) is 12.8 Å². The van der Waals surface area contributed by atoms with E-state index >= 15 is 0 Å². The Morgan fingerprint density at radius 1 is 0.966 bits per heavy atom. The summed E-state index contributed by atoms with van der Waals surface area (Å²) in [6.07, 6.45) is 0.537. The van der Waals surface area contributed by atoms with E-state index in [1.165, 1.54) is 6.07 Å². The average molecular weight is 396 g/mol. The van der Waals surface area contributed by atoms with Gasteiger partial charge in [-0.3, -0.25) is 19.7 Å². The van der Waals surface area contributed by atoms with Crippen LogP contribution in [-0.2, 0) is 16.0 Å². The standard InChI is InChI=1S/C21H24N4O4/c26-20(16-17-6-2-1-3-7-17)22-11-10-21(27)24-14-12-23(13-15-24)18-8-4-5-9-19(18)25(28)29/h1-9H,10-16H2,(H,22,26). The zero-order valence-electron chi connectivity index (χ0n) is 16.1. The molecule has 0 atom stereocenters. The maximum atomic E-state index is 12.4. The summed E-state index contributed by atoms with van der Waals surface area (Å²) in [5.41, 5.74) is 1.59. The molecule has 2 aromatic rings. The van der Waals surface area contributed by atoms with Gasteiger partial charge < -0.3 is 15.1 Å². The molecule has 29 heavy (non-hydrogen) atoms. The second kappa shape index (κ2) is 9.68. The molecule has 0 aliphatic carbocycles. The minimum absolute atomic E-state index is 0.0211. The van der Waals surface area contributed by atoms with Crippen LogP contribution in [0.4, 0.5) is 11.4 Å². The molecule has 8 heteroatoms. The number of hydrogen-bond acceptors (Lipinski definition) is 5. The van der Waals surface area contributed by atoms with E-state index in [1.54, 1.807) is 23.1 Å². The topological polar surface area (TPSA) is 95.8 Å². The molecule has 1 N–H and O–H groups in total. The Bertz CT molecular complexity index is 864. The smallest absolute Gasteiger partial charge is 0.292 e. The first-order chi connectivity index (χ1) is 14.0. The van der Waals surface area contributed by atoms with E-state index in [2.05, 4.69) is 5.32 Å². The van der Waals surface area contributed by atoms with Gasteiger partial charge in [-0.2, -0.15) is 0 Å². The molecule has 0 spiro atoms. The van der Waals surface area contributed by atoms with Gasteiger partial charge in [0.25, 0.3) is 5.69 Å². The van der Waals surface area contributed by atoms with Gasteiger partial charge >= 0.3 is 0 Å². The van der Waals surface area contributed by atoms with E-state index in [9.17, 15) is 19.7 Å². The van der Waals surface area contributed by atoms with Crippen LogP contribution in [0.1, 0.15) is 12.0 Å². The number of benzene rings is 2. The van der Waals surface area contributed by atoms with Gasteiger partial charge in [-0.15, -0.1) is 0 Å². The van der Waals surface area contributed by atoms with Gasteiger partial charge in [0.1, 0.15) is 5.69 Å². The molecule has 0 unspecified atom stereocenters. The van der Waals surface area contributed by atoms with Gasteiger partial charge in [0.15, 0.2) is 0 Å². The summed E-state index contributed by atoms with van der Waals surface area (Å²) in [5, 5.41) is 14.0. The van der Waals surface area contributed by atoms with Crippen molar-refractivity contribution in [2.75, 3.05) is 37.6 Å². The molecule has 3 rings (SSSR count). The number of rotatable bonds is 7. The van der Waals surface area contributed by atoms with E-state index in [0.29, 0.717) is 44.8 Å².